The molecule has 0 fully saturated rings. The molecule has 0 aliphatic carbocycles. The van der Waals surface area contributed by atoms with Crippen molar-refractivity contribution in [1.29, 1.82) is 0 Å². The van der Waals surface area contributed by atoms with E-state index in [1.165, 1.54) is 13.2 Å². The Labute approximate surface area is 140 Å². The molecular weight excluding hydrogens is 308 g/mol. The van der Waals surface area contributed by atoms with Crippen molar-refractivity contribution in [1.82, 2.24) is 0 Å². The maximum Gasteiger partial charge on any atom is 0.343 e. The number of carbonyl (C=O) groups excluding carboxylic acids is 2. The van der Waals surface area contributed by atoms with Crippen LogP contribution in [-0.2, 0) is 9.53 Å². The summed E-state index contributed by atoms with van der Waals surface area (Å²) < 4.78 is 15.2. The molecule has 5 nitrogen and oxygen atoms in total. The normalized spacial score (nSPS) is 10.4. The van der Waals surface area contributed by atoms with Gasteiger partial charge >= 0.3 is 11.9 Å². The number of carbonyl (C=O) groups is 2. The smallest absolute Gasteiger partial charge is 0.343 e. The number of esters is 2. The van der Waals surface area contributed by atoms with E-state index in [9.17, 15) is 9.59 Å². The molecular formula is C19H18O5. The minimum absolute atomic E-state index is 0.420. The zero-order valence-electron chi connectivity index (χ0n) is 13.5. The van der Waals surface area contributed by atoms with E-state index in [-0.39, 0.29) is 0 Å². The Morgan fingerprint density at radius 1 is 0.958 bits per heavy atom. The second-order valence-electron chi connectivity index (χ2n) is 4.77. The number of hydrogen-bond acceptors (Lipinski definition) is 5. The van der Waals surface area contributed by atoms with Gasteiger partial charge in [-0.05, 0) is 55.0 Å². The summed E-state index contributed by atoms with van der Waals surface area (Å²) in [7, 11) is 1.32. The molecule has 0 aliphatic heterocycles. The average molecular weight is 326 g/mol. The van der Waals surface area contributed by atoms with Crippen molar-refractivity contribution < 1.29 is 23.8 Å². The summed E-state index contributed by atoms with van der Waals surface area (Å²) in [5.74, 6) is 0.247. The van der Waals surface area contributed by atoms with Gasteiger partial charge in [0.2, 0.25) is 0 Å². The first-order valence-corrected chi connectivity index (χ1v) is 7.43. The second-order valence-corrected chi connectivity index (χ2v) is 4.77. The molecule has 0 heterocycles. The van der Waals surface area contributed by atoms with Gasteiger partial charge in [-0.3, -0.25) is 0 Å². The van der Waals surface area contributed by atoms with Gasteiger partial charge in [-0.2, -0.15) is 0 Å². The third-order valence-corrected chi connectivity index (χ3v) is 3.10. The SMILES string of the molecule is CCOc1ccc(C(=O)Oc2ccc(/C=C/C(=O)OC)cc2)cc1. The molecule has 2 aromatic rings. The highest BCUT2D eigenvalue weighted by molar-refractivity contribution is 5.91. The van der Waals surface area contributed by atoms with Crippen molar-refractivity contribution in [2.45, 2.75) is 6.92 Å². The first kappa shape index (κ1) is 17.3. The van der Waals surface area contributed by atoms with E-state index >= 15 is 0 Å². The number of hydrogen-bond donors (Lipinski definition) is 0. The molecule has 0 saturated carbocycles. The van der Waals surface area contributed by atoms with Crippen molar-refractivity contribution >= 4 is 18.0 Å². The third-order valence-electron chi connectivity index (χ3n) is 3.10. The van der Waals surface area contributed by atoms with Crippen molar-refractivity contribution in [3.8, 4) is 11.5 Å². The quantitative estimate of drug-likeness (QED) is 0.462. The summed E-state index contributed by atoms with van der Waals surface area (Å²) in [5, 5.41) is 0. The minimum atomic E-state index is -0.448. The molecule has 5 heteroatoms. The summed E-state index contributed by atoms with van der Waals surface area (Å²) >= 11 is 0. The first-order valence-electron chi connectivity index (χ1n) is 7.43. The van der Waals surface area contributed by atoms with E-state index in [0.29, 0.717) is 23.7 Å². The van der Waals surface area contributed by atoms with Crippen LogP contribution in [0.2, 0.25) is 0 Å². The molecule has 0 saturated heterocycles. The average Bonchev–Trinajstić information content (AvgIpc) is 2.61. The van der Waals surface area contributed by atoms with Crippen LogP contribution in [0, 0.1) is 0 Å². The maximum absolute atomic E-state index is 12.1. The third kappa shape index (κ3) is 4.98. The fraction of sp³-hybridized carbons (Fsp3) is 0.158. The Morgan fingerprint density at radius 2 is 1.58 bits per heavy atom. The van der Waals surface area contributed by atoms with Gasteiger partial charge in [-0.15, -0.1) is 0 Å². The summed E-state index contributed by atoms with van der Waals surface area (Å²) in [6.45, 7) is 2.47. The van der Waals surface area contributed by atoms with Crippen LogP contribution in [0.1, 0.15) is 22.8 Å². The first-order chi connectivity index (χ1) is 11.6. The Balaban J connectivity index is 1.98. The lowest BCUT2D eigenvalue weighted by molar-refractivity contribution is -0.134. The topological polar surface area (TPSA) is 61.8 Å². The van der Waals surface area contributed by atoms with Gasteiger partial charge in [0, 0.05) is 6.08 Å². The highest BCUT2D eigenvalue weighted by Crippen LogP contribution is 2.17. The molecule has 0 aromatic heterocycles. The molecule has 0 radical (unpaired) electrons. The number of ether oxygens (including phenoxy) is 3. The van der Waals surface area contributed by atoms with Gasteiger partial charge in [0.15, 0.2) is 0 Å². The molecule has 0 spiro atoms. The van der Waals surface area contributed by atoms with Gasteiger partial charge in [-0.1, -0.05) is 12.1 Å². The van der Waals surface area contributed by atoms with Crippen LogP contribution in [0.5, 0.6) is 11.5 Å². The van der Waals surface area contributed by atoms with Gasteiger partial charge < -0.3 is 14.2 Å². The lowest BCUT2D eigenvalue weighted by Crippen LogP contribution is -2.08. The van der Waals surface area contributed by atoms with E-state index in [1.807, 2.05) is 6.92 Å². The maximum atomic E-state index is 12.1. The zero-order valence-corrected chi connectivity index (χ0v) is 13.5. The van der Waals surface area contributed by atoms with Crippen molar-refractivity contribution in [3.63, 3.8) is 0 Å². The molecule has 0 amide bonds. The predicted octanol–water partition coefficient (Wildman–Crippen LogP) is 3.49. The number of methoxy groups -OCH3 is 1. The van der Waals surface area contributed by atoms with Crippen molar-refractivity contribution in [3.05, 3.63) is 65.7 Å². The van der Waals surface area contributed by atoms with Crippen molar-refractivity contribution in [2.75, 3.05) is 13.7 Å². The Kier molecular flexibility index (Phi) is 6.14. The molecule has 0 atom stereocenters. The zero-order chi connectivity index (χ0) is 17.4. The lowest BCUT2D eigenvalue weighted by atomic mass is 10.2. The van der Waals surface area contributed by atoms with Gasteiger partial charge in [-0.25, -0.2) is 9.59 Å². The Bertz CT molecular complexity index is 714. The summed E-state index contributed by atoms with van der Waals surface area (Å²) in [6.07, 6.45) is 2.94. The molecule has 0 bridgehead atoms. The summed E-state index contributed by atoms with van der Waals surface area (Å²) in [6, 6.07) is 13.5. The highest BCUT2D eigenvalue weighted by atomic mass is 16.5. The van der Waals surface area contributed by atoms with Crippen molar-refractivity contribution in [2.24, 2.45) is 0 Å². The van der Waals surface area contributed by atoms with Crippen LogP contribution in [-0.4, -0.2) is 25.7 Å². The minimum Gasteiger partial charge on any atom is -0.494 e. The molecule has 2 rings (SSSR count). The van der Waals surface area contributed by atoms with E-state index in [1.54, 1.807) is 54.6 Å². The van der Waals surface area contributed by atoms with Crippen LogP contribution >= 0.6 is 0 Å². The van der Waals surface area contributed by atoms with Gasteiger partial charge in [0.25, 0.3) is 0 Å². The molecule has 0 aliphatic rings. The highest BCUT2D eigenvalue weighted by Gasteiger charge is 2.08. The molecule has 2 aromatic carbocycles. The van der Waals surface area contributed by atoms with Crippen LogP contribution in [0.25, 0.3) is 6.08 Å². The summed E-state index contributed by atoms with van der Waals surface area (Å²) in [5.41, 5.74) is 1.23. The van der Waals surface area contributed by atoms with E-state index in [4.69, 9.17) is 9.47 Å². The van der Waals surface area contributed by atoms with Gasteiger partial charge in [0.05, 0.1) is 19.3 Å². The predicted molar refractivity (Wildman–Crippen MR) is 90.1 cm³/mol. The van der Waals surface area contributed by atoms with E-state index < -0.39 is 11.9 Å². The number of rotatable bonds is 6. The Morgan fingerprint density at radius 3 is 2.17 bits per heavy atom. The lowest BCUT2D eigenvalue weighted by Gasteiger charge is -2.06. The van der Waals surface area contributed by atoms with Gasteiger partial charge in [0.1, 0.15) is 11.5 Å². The van der Waals surface area contributed by atoms with Crippen LogP contribution in [0.15, 0.2) is 54.6 Å². The fourth-order valence-electron chi connectivity index (χ4n) is 1.90. The number of benzene rings is 2. The molecule has 0 N–H and O–H groups in total. The van der Waals surface area contributed by atoms with Crippen LogP contribution in [0.4, 0.5) is 0 Å². The molecule has 0 unspecified atom stereocenters. The van der Waals surface area contributed by atoms with Crippen LogP contribution in [0.3, 0.4) is 0 Å². The largest absolute Gasteiger partial charge is 0.494 e. The van der Waals surface area contributed by atoms with E-state index in [2.05, 4.69) is 4.74 Å². The second kappa shape index (κ2) is 8.53. The fourth-order valence-corrected chi connectivity index (χ4v) is 1.90. The Hall–Kier alpha value is -3.08. The molecule has 24 heavy (non-hydrogen) atoms. The molecule has 124 valence electrons. The monoisotopic (exact) mass is 326 g/mol. The standard InChI is InChI=1S/C19H18O5/c1-3-23-16-11-7-15(8-12-16)19(21)24-17-9-4-14(5-10-17)6-13-18(20)22-2/h4-13H,3H2,1-2H3/b13-6+. The van der Waals surface area contributed by atoms with E-state index in [0.717, 1.165) is 5.56 Å². The van der Waals surface area contributed by atoms with Crippen LogP contribution < -0.4 is 9.47 Å². The summed E-state index contributed by atoms with van der Waals surface area (Å²) in [4.78, 5) is 23.1.